The van der Waals surface area contributed by atoms with Gasteiger partial charge in [0.05, 0.1) is 17.2 Å². The zero-order valence-electron chi connectivity index (χ0n) is 49.1. The van der Waals surface area contributed by atoms with E-state index >= 15 is 0 Å². The van der Waals surface area contributed by atoms with Crippen molar-refractivity contribution in [3.63, 3.8) is 0 Å². The van der Waals surface area contributed by atoms with E-state index in [9.17, 15) is 21.7 Å². The number of nitriles is 1. The summed E-state index contributed by atoms with van der Waals surface area (Å²) in [6.45, 7) is 0. The Kier molecular flexibility index (Phi) is 10.1. The van der Waals surface area contributed by atoms with Crippen molar-refractivity contribution in [1.82, 2.24) is 15.0 Å². The third-order valence-corrected chi connectivity index (χ3v) is 13.0. The molecule has 0 atom stereocenters. The van der Waals surface area contributed by atoms with E-state index in [1.54, 1.807) is 48.5 Å². The molecule has 0 radical (unpaired) electrons. The van der Waals surface area contributed by atoms with E-state index in [-0.39, 0.29) is 48.6 Å². The van der Waals surface area contributed by atoms with Gasteiger partial charge in [-0.05, 0) is 149 Å². The molecule has 0 bridgehead atoms. The van der Waals surface area contributed by atoms with Crippen LogP contribution in [-0.2, 0) is 58.3 Å². The van der Waals surface area contributed by atoms with Crippen LogP contribution in [0.25, 0.3) is 55.7 Å². The van der Waals surface area contributed by atoms with Crippen LogP contribution >= 0.6 is 0 Å². The Labute approximate surface area is 431 Å². The van der Waals surface area contributed by atoms with E-state index < -0.39 is 54.9 Å². The summed E-state index contributed by atoms with van der Waals surface area (Å²) in [6.07, 6.45) is -7.84. The van der Waals surface area contributed by atoms with Crippen LogP contribution in [0.15, 0.2) is 144 Å². The second-order valence-corrected chi connectivity index (χ2v) is 17.3. The number of benzene rings is 5. The molecule has 0 N–H and O–H groups in total. The first kappa shape index (κ1) is 33.1. The maximum Gasteiger partial charge on any atom is 3.00 e. The fourth-order valence-electron chi connectivity index (χ4n) is 9.58. The number of hydrogen-bond acceptors (Lipinski definition) is 5. The first-order valence-corrected chi connectivity index (χ1v) is 23.0. The Bertz CT molecular complexity index is 3650. The molecule has 0 unspecified atom stereocenters. The molecule has 4 aromatic heterocycles. The van der Waals surface area contributed by atoms with Gasteiger partial charge in [-0.1, -0.05) is 85.2 Å². The minimum Gasteiger partial charge on any atom is -0.501 e. The molecule has 0 spiro atoms. The van der Waals surface area contributed by atoms with Crippen LogP contribution in [0.1, 0.15) is 130 Å². The van der Waals surface area contributed by atoms with Gasteiger partial charge in [0, 0.05) is 40.4 Å². The average molecular weight is 1070 g/mol. The van der Waals surface area contributed by atoms with Crippen LogP contribution < -0.4 is 0 Å². The van der Waals surface area contributed by atoms with Gasteiger partial charge in [-0.2, -0.15) is 5.26 Å². The summed E-state index contributed by atoms with van der Waals surface area (Å²) < 4.78 is 124. The number of nitrogens with zero attached hydrogens (tertiary/aromatic N) is 4. The zero-order valence-corrected chi connectivity index (χ0v) is 39.5. The Hall–Kier alpha value is -6.51. The molecular formula is C62H53IrN4O. The van der Waals surface area contributed by atoms with Gasteiger partial charge >= 0.3 is 20.1 Å². The molecule has 6 heteroatoms. The summed E-state index contributed by atoms with van der Waals surface area (Å²) in [4.78, 5) is 13.8. The SMILES string of the molecule is [2H]C([2H])(c1ccc(-c2[c-]ccc3c2oc2cc(C#N)ccc23)nc1)C([2H])([2H])c1cc(C([2H])([2H])C([2H])([2H])c2cnc(-c3[c-]cccc3)cc2C2CCCC2)cc(C([2H])([2H])C([2H])([2H])c2cnc(-c3[c-]cccc3)cc2C2CCCC2)c1.[Ir+3]. The standard InChI is InChI=1S/C62H53N4O.Ir/c63-38-46-26-30-53-54-20-11-21-55(62(54)67-61(53)35-46)58-31-27-42(39-64-58)22-23-43-32-44(24-28-51-40-65-59(49-16-3-1-4-17-49)36-56(51)47-12-7-8-13-47)34-45(33-43)25-29-52-41-66-60(50-18-5-2-6-19-50)37-57(52)48-14-9-10-15-48;/h1-6,11,16,18,20,26-27,30-37,39-41,47-48H,7-10,12-15,22-25,28-29H2;/q-3;+3/i22D2,23D2,24D2,25D2,28D2,29D2;. The third-order valence-electron chi connectivity index (χ3n) is 13.0. The van der Waals surface area contributed by atoms with Crippen molar-refractivity contribution < 1.29 is 41.0 Å². The molecule has 336 valence electrons. The summed E-state index contributed by atoms with van der Waals surface area (Å²) >= 11 is 0. The summed E-state index contributed by atoms with van der Waals surface area (Å²) in [5, 5.41) is 11.0. The number of aryl methyl sites for hydroxylation is 6. The van der Waals surface area contributed by atoms with Gasteiger partial charge < -0.3 is 19.4 Å². The molecule has 5 aromatic carbocycles. The van der Waals surface area contributed by atoms with Gasteiger partial charge in [-0.15, -0.1) is 90.0 Å². The largest absolute Gasteiger partial charge is 3.00 e. The number of hydrogen-bond donors (Lipinski definition) is 0. The normalized spacial score (nSPS) is 18.0. The number of fused-ring (bicyclic) bond motifs is 3. The second kappa shape index (κ2) is 20.8. The summed E-state index contributed by atoms with van der Waals surface area (Å²) in [7, 11) is 0. The van der Waals surface area contributed by atoms with Crippen molar-refractivity contribution in [3.05, 3.63) is 208 Å². The molecule has 5 nitrogen and oxygen atoms in total. The fraction of sp³-hybridized carbons (Fsp3) is 0.258. The Balaban J connectivity index is 0.00000720. The number of pyridine rings is 3. The molecule has 4 heterocycles. The quantitative estimate of drug-likeness (QED) is 0.101. The van der Waals surface area contributed by atoms with Gasteiger partial charge in [0.15, 0.2) is 0 Å². The van der Waals surface area contributed by atoms with E-state index in [0.717, 1.165) is 80.3 Å². The van der Waals surface area contributed by atoms with E-state index in [1.165, 1.54) is 30.7 Å². The fourth-order valence-corrected chi connectivity index (χ4v) is 9.58. The van der Waals surface area contributed by atoms with Gasteiger partial charge in [-0.25, -0.2) is 0 Å². The first-order valence-electron chi connectivity index (χ1n) is 29.0. The van der Waals surface area contributed by atoms with Gasteiger partial charge in [-0.3, -0.25) is 0 Å². The molecule has 68 heavy (non-hydrogen) atoms. The van der Waals surface area contributed by atoms with Crippen molar-refractivity contribution in [2.24, 2.45) is 0 Å². The van der Waals surface area contributed by atoms with Crippen LogP contribution in [0.5, 0.6) is 0 Å². The maximum absolute atomic E-state index is 9.88. The summed E-state index contributed by atoms with van der Waals surface area (Å²) in [5.74, 6) is -0.265. The van der Waals surface area contributed by atoms with E-state index in [2.05, 4.69) is 39.2 Å². The van der Waals surface area contributed by atoms with Crippen LogP contribution in [0, 0.1) is 29.5 Å². The third kappa shape index (κ3) is 9.88. The van der Waals surface area contributed by atoms with Crippen LogP contribution in [-0.4, -0.2) is 15.0 Å². The van der Waals surface area contributed by atoms with E-state index in [1.807, 2.05) is 42.5 Å². The van der Waals surface area contributed by atoms with Gasteiger partial charge in [0.2, 0.25) is 0 Å². The topological polar surface area (TPSA) is 75.6 Å². The Morgan fingerprint density at radius 3 is 1.63 bits per heavy atom. The molecular weight excluding hydrogens is 1010 g/mol. The summed E-state index contributed by atoms with van der Waals surface area (Å²) in [6, 6.07) is 44.3. The first-order chi connectivity index (χ1) is 37.6. The van der Waals surface area contributed by atoms with Crippen molar-refractivity contribution in [1.29, 1.82) is 5.26 Å². The zero-order chi connectivity index (χ0) is 55.7. The molecule has 0 aliphatic heterocycles. The molecule has 0 saturated heterocycles. The van der Waals surface area contributed by atoms with Crippen LogP contribution in [0.3, 0.4) is 0 Å². The molecule has 11 rings (SSSR count). The smallest absolute Gasteiger partial charge is 0.501 e. The van der Waals surface area contributed by atoms with Gasteiger partial charge in [0.25, 0.3) is 0 Å². The minimum atomic E-state index is -3.13. The maximum atomic E-state index is 9.88. The number of rotatable bonds is 14. The molecule has 2 aliphatic carbocycles. The Morgan fingerprint density at radius 1 is 0.544 bits per heavy atom. The molecule has 9 aromatic rings. The van der Waals surface area contributed by atoms with Gasteiger partial charge in [0.1, 0.15) is 5.58 Å². The minimum absolute atomic E-state index is 0. The van der Waals surface area contributed by atoms with Crippen molar-refractivity contribution in [2.45, 2.75) is 101 Å². The molecule has 2 fully saturated rings. The van der Waals surface area contributed by atoms with Crippen molar-refractivity contribution >= 4 is 21.9 Å². The Morgan fingerprint density at radius 2 is 1.10 bits per heavy atom. The predicted molar refractivity (Wildman–Crippen MR) is 269 cm³/mol. The number of furan rings is 1. The average Bonchev–Trinajstić information content (AvgIpc) is 4.39. The van der Waals surface area contributed by atoms with E-state index in [4.69, 9.17) is 4.42 Å². The molecule has 0 amide bonds. The van der Waals surface area contributed by atoms with Crippen LogP contribution in [0.4, 0.5) is 0 Å². The van der Waals surface area contributed by atoms with Crippen molar-refractivity contribution in [3.8, 4) is 39.8 Å². The van der Waals surface area contributed by atoms with Crippen LogP contribution in [0.2, 0.25) is 0 Å². The molecule has 2 saturated carbocycles. The van der Waals surface area contributed by atoms with E-state index in [0.29, 0.717) is 61.6 Å². The second-order valence-electron chi connectivity index (χ2n) is 17.3. The molecule has 2 aliphatic rings. The number of aromatic nitrogens is 3. The monoisotopic (exact) mass is 1070 g/mol. The summed E-state index contributed by atoms with van der Waals surface area (Å²) in [5.41, 5.74) is 3.67. The predicted octanol–water partition coefficient (Wildman–Crippen LogP) is 14.7. The van der Waals surface area contributed by atoms with Crippen molar-refractivity contribution in [2.75, 3.05) is 0 Å².